The first-order valence-electron chi connectivity index (χ1n) is 4.29. The van der Waals surface area contributed by atoms with E-state index in [2.05, 4.69) is 20.8 Å². The molecule has 0 aromatic carbocycles. The van der Waals surface area contributed by atoms with Crippen LogP contribution in [0.5, 0.6) is 0 Å². The second kappa shape index (κ2) is 5.09. The van der Waals surface area contributed by atoms with Crippen molar-refractivity contribution in [3.05, 3.63) is 0 Å². The number of hydrogen-bond donors (Lipinski definition) is 0. The average molecular weight is 164 g/mol. The van der Waals surface area contributed by atoms with Gasteiger partial charge in [0.1, 0.15) is 0 Å². The van der Waals surface area contributed by atoms with Crippen LogP contribution in [0, 0.1) is 0 Å². The summed E-state index contributed by atoms with van der Waals surface area (Å²) in [5.41, 5.74) is 0. The van der Waals surface area contributed by atoms with Gasteiger partial charge in [-0.1, -0.05) is 0 Å². The van der Waals surface area contributed by atoms with Crippen LogP contribution in [0.1, 0.15) is 27.2 Å². The molecule has 64 valence electrons. The molecule has 0 N–H and O–H groups in total. The molecule has 0 saturated carbocycles. The van der Waals surface area contributed by atoms with Gasteiger partial charge >= 0.3 is 64.8 Å². The minimum atomic E-state index is -1.22. The second-order valence-electron chi connectivity index (χ2n) is 2.84. The molecule has 0 aliphatic rings. The van der Waals surface area contributed by atoms with Gasteiger partial charge in [-0.3, -0.25) is 0 Å². The van der Waals surface area contributed by atoms with Crippen molar-refractivity contribution in [1.82, 2.24) is 0 Å². The molecule has 0 aliphatic heterocycles. The monoisotopic (exact) mass is 164 g/mol. The van der Waals surface area contributed by atoms with Crippen LogP contribution in [-0.2, 0) is 4.52 Å². The van der Waals surface area contributed by atoms with Crippen LogP contribution in [0.4, 0.5) is 0 Å². The Morgan fingerprint density at radius 3 is 1.70 bits per heavy atom. The molecule has 0 unspecified atom stereocenters. The average Bonchev–Trinajstić information content (AvgIpc) is 2.01. The SMILES string of the molecule is CCC[PH](CC)(CC)OC. The number of hydrogen-bond acceptors (Lipinski definition) is 1. The van der Waals surface area contributed by atoms with Crippen molar-refractivity contribution < 1.29 is 4.52 Å². The van der Waals surface area contributed by atoms with Gasteiger partial charge in [0.05, 0.1) is 0 Å². The molecular weight excluding hydrogens is 143 g/mol. The molecule has 0 heterocycles. The van der Waals surface area contributed by atoms with E-state index in [1.165, 1.54) is 24.9 Å². The van der Waals surface area contributed by atoms with Gasteiger partial charge < -0.3 is 0 Å². The Morgan fingerprint density at radius 1 is 1.10 bits per heavy atom. The summed E-state index contributed by atoms with van der Waals surface area (Å²) in [6, 6.07) is 0. The van der Waals surface area contributed by atoms with Gasteiger partial charge in [-0.2, -0.15) is 0 Å². The molecule has 0 aromatic rings. The van der Waals surface area contributed by atoms with Crippen molar-refractivity contribution >= 4 is 7.49 Å². The third-order valence-electron chi connectivity index (χ3n) is 2.43. The summed E-state index contributed by atoms with van der Waals surface area (Å²) >= 11 is 0. The van der Waals surface area contributed by atoms with E-state index < -0.39 is 7.49 Å². The standard InChI is InChI=1S/C8H21OP/c1-5-8-10(6-2,7-3)9-4/h10H,5-8H2,1-4H3. The van der Waals surface area contributed by atoms with E-state index in [4.69, 9.17) is 4.52 Å². The van der Waals surface area contributed by atoms with Gasteiger partial charge in [0.15, 0.2) is 0 Å². The second-order valence-corrected chi connectivity index (χ2v) is 7.53. The van der Waals surface area contributed by atoms with Crippen molar-refractivity contribution in [2.45, 2.75) is 27.2 Å². The fourth-order valence-electron chi connectivity index (χ4n) is 1.45. The van der Waals surface area contributed by atoms with Crippen molar-refractivity contribution in [2.75, 3.05) is 25.6 Å². The van der Waals surface area contributed by atoms with E-state index in [1.807, 2.05) is 7.11 Å². The predicted octanol–water partition coefficient (Wildman–Crippen LogP) is 2.75. The summed E-state index contributed by atoms with van der Waals surface area (Å²) in [7, 11) is 0.666. The zero-order chi connectivity index (χ0) is 8.04. The van der Waals surface area contributed by atoms with Crippen molar-refractivity contribution in [3.63, 3.8) is 0 Å². The van der Waals surface area contributed by atoms with Gasteiger partial charge in [-0.05, 0) is 0 Å². The minimum absolute atomic E-state index is 1.22. The van der Waals surface area contributed by atoms with E-state index in [-0.39, 0.29) is 0 Å². The molecular formula is C8H21OP. The molecule has 0 aliphatic carbocycles. The van der Waals surface area contributed by atoms with Crippen molar-refractivity contribution in [2.24, 2.45) is 0 Å². The molecule has 0 atom stereocenters. The Hall–Kier alpha value is 0.390. The van der Waals surface area contributed by atoms with Gasteiger partial charge in [0, 0.05) is 0 Å². The maximum atomic E-state index is 5.62. The van der Waals surface area contributed by atoms with Crippen LogP contribution in [0.25, 0.3) is 0 Å². The van der Waals surface area contributed by atoms with E-state index in [9.17, 15) is 0 Å². The molecule has 0 radical (unpaired) electrons. The van der Waals surface area contributed by atoms with E-state index in [1.54, 1.807) is 0 Å². The van der Waals surface area contributed by atoms with Crippen LogP contribution in [-0.4, -0.2) is 25.6 Å². The van der Waals surface area contributed by atoms with Crippen molar-refractivity contribution in [3.8, 4) is 0 Å². The molecule has 0 amide bonds. The van der Waals surface area contributed by atoms with Crippen LogP contribution in [0.15, 0.2) is 0 Å². The topological polar surface area (TPSA) is 9.23 Å². The first kappa shape index (κ1) is 10.4. The van der Waals surface area contributed by atoms with Gasteiger partial charge in [-0.25, -0.2) is 0 Å². The maximum absolute atomic E-state index is 5.62. The summed E-state index contributed by atoms with van der Waals surface area (Å²) in [6.45, 7) is 6.76. The van der Waals surface area contributed by atoms with Crippen LogP contribution >= 0.6 is 7.49 Å². The van der Waals surface area contributed by atoms with Crippen LogP contribution < -0.4 is 0 Å². The van der Waals surface area contributed by atoms with Crippen LogP contribution in [0.2, 0.25) is 0 Å². The molecule has 0 bridgehead atoms. The molecule has 0 aromatic heterocycles. The first-order valence-corrected chi connectivity index (χ1v) is 6.82. The Kier molecular flexibility index (Phi) is 5.29. The zero-order valence-corrected chi connectivity index (χ0v) is 8.74. The summed E-state index contributed by atoms with van der Waals surface area (Å²) in [4.78, 5) is 0. The zero-order valence-electron chi connectivity index (χ0n) is 7.74. The predicted molar refractivity (Wildman–Crippen MR) is 51.6 cm³/mol. The molecule has 1 nitrogen and oxygen atoms in total. The van der Waals surface area contributed by atoms with Gasteiger partial charge in [0.2, 0.25) is 0 Å². The van der Waals surface area contributed by atoms with Gasteiger partial charge in [0.25, 0.3) is 0 Å². The van der Waals surface area contributed by atoms with Crippen LogP contribution in [0.3, 0.4) is 0 Å². The molecule has 10 heavy (non-hydrogen) atoms. The molecule has 0 spiro atoms. The molecule has 0 fully saturated rings. The van der Waals surface area contributed by atoms with E-state index in [0.717, 1.165) is 0 Å². The van der Waals surface area contributed by atoms with Crippen molar-refractivity contribution in [1.29, 1.82) is 0 Å². The fraction of sp³-hybridized carbons (Fsp3) is 1.00. The quantitative estimate of drug-likeness (QED) is 0.568. The molecule has 0 rings (SSSR count). The Bertz CT molecular complexity index is 71.1. The van der Waals surface area contributed by atoms with Gasteiger partial charge in [-0.15, -0.1) is 0 Å². The summed E-state index contributed by atoms with van der Waals surface area (Å²) in [5, 5.41) is 0. The Morgan fingerprint density at radius 2 is 1.60 bits per heavy atom. The first-order chi connectivity index (χ1) is 4.74. The van der Waals surface area contributed by atoms with E-state index >= 15 is 0 Å². The molecule has 0 saturated heterocycles. The molecule has 2 heteroatoms. The normalized spacial score (nSPS) is 13.6. The summed E-state index contributed by atoms with van der Waals surface area (Å²) in [5.74, 6) is 0. The third kappa shape index (κ3) is 2.56. The summed E-state index contributed by atoms with van der Waals surface area (Å²) in [6.07, 6.45) is 5.15. The number of rotatable bonds is 5. The Labute approximate surface area is 65.6 Å². The fourth-order valence-corrected chi connectivity index (χ4v) is 4.35. The van der Waals surface area contributed by atoms with E-state index in [0.29, 0.717) is 0 Å². The summed E-state index contributed by atoms with van der Waals surface area (Å²) < 4.78 is 5.62. The third-order valence-corrected chi connectivity index (χ3v) is 7.28. The Balaban J connectivity index is 3.87.